The average Bonchev–Trinajstić information content (AvgIpc) is 2.54. The first-order valence-electron chi connectivity index (χ1n) is 9.16. The Morgan fingerprint density at radius 2 is 1.50 bits per heavy atom. The van der Waals surface area contributed by atoms with Gasteiger partial charge in [-0.15, -0.1) is 0 Å². The predicted octanol–water partition coefficient (Wildman–Crippen LogP) is 3.96. The van der Waals surface area contributed by atoms with Crippen LogP contribution in [-0.4, -0.2) is 18.4 Å². The van der Waals surface area contributed by atoms with E-state index in [0.29, 0.717) is 0 Å². The van der Waals surface area contributed by atoms with Gasteiger partial charge >= 0.3 is 0 Å². The molecule has 1 aliphatic carbocycles. The van der Waals surface area contributed by atoms with Crippen molar-refractivity contribution in [3.05, 3.63) is 29.3 Å². The summed E-state index contributed by atoms with van der Waals surface area (Å²) in [5.74, 6) is 0.346. The van der Waals surface area contributed by atoms with Gasteiger partial charge in [0.1, 0.15) is 0 Å². The molecule has 1 saturated carbocycles. The summed E-state index contributed by atoms with van der Waals surface area (Å²) in [6.07, 6.45) is 5.32. The highest BCUT2D eigenvalue weighted by molar-refractivity contribution is 5.93. The Morgan fingerprint density at radius 1 is 0.958 bits per heavy atom. The Balaban J connectivity index is 1.81. The van der Waals surface area contributed by atoms with Crippen LogP contribution in [0.1, 0.15) is 56.6 Å². The standard InChI is InChI=1S/C20H30N2O2/c1-4-5-10-21-19(23)16-6-8-17(9-7-16)20(24)22-18-12-14(2)11-15(3)13-18/h11-13,16-17H,4-10H2,1-3H3,(H,21,23)(H,22,24). The lowest BCUT2D eigenvalue weighted by atomic mass is 9.81. The van der Waals surface area contributed by atoms with Crippen molar-refractivity contribution in [1.29, 1.82) is 0 Å². The zero-order valence-electron chi connectivity index (χ0n) is 15.2. The van der Waals surface area contributed by atoms with E-state index in [4.69, 9.17) is 0 Å². The Kier molecular flexibility index (Phi) is 6.83. The molecule has 0 aromatic heterocycles. The van der Waals surface area contributed by atoms with Crippen LogP contribution in [0.25, 0.3) is 0 Å². The van der Waals surface area contributed by atoms with Gasteiger partial charge in [0, 0.05) is 24.1 Å². The fourth-order valence-electron chi connectivity index (χ4n) is 3.44. The first-order valence-corrected chi connectivity index (χ1v) is 9.16. The molecule has 132 valence electrons. The van der Waals surface area contributed by atoms with Crippen LogP contribution in [0.2, 0.25) is 0 Å². The molecule has 24 heavy (non-hydrogen) atoms. The molecule has 1 aromatic rings. The number of amides is 2. The number of rotatable bonds is 6. The lowest BCUT2D eigenvalue weighted by Gasteiger charge is -2.27. The van der Waals surface area contributed by atoms with Crippen molar-refractivity contribution < 1.29 is 9.59 Å². The van der Waals surface area contributed by atoms with Crippen LogP contribution in [0.4, 0.5) is 5.69 Å². The van der Waals surface area contributed by atoms with Crippen molar-refractivity contribution in [2.75, 3.05) is 11.9 Å². The van der Waals surface area contributed by atoms with E-state index in [1.807, 2.05) is 26.0 Å². The van der Waals surface area contributed by atoms with Crippen LogP contribution in [0.5, 0.6) is 0 Å². The molecule has 0 spiro atoms. The molecule has 4 nitrogen and oxygen atoms in total. The van der Waals surface area contributed by atoms with Crippen molar-refractivity contribution in [2.45, 2.75) is 59.3 Å². The SMILES string of the molecule is CCCCNC(=O)C1CCC(C(=O)Nc2cc(C)cc(C)c2)CC1. The molecular weight excluding hydrogens is 300 g/mol. The number of anilines is 1. The van der Waals surface area contributed by atoms with Crippen LogP contribution in [0.3, 0.4) is 0 Å². The van der Waals surface area contributed by atoms with Gasteiger partial charge in [-0.05, 0) is 69.2 Å². The summed E-state index contributed by atoms with van der Waals surface area (Å²) in [6, 6.07) is 6.09. The molecule has 2 N–H and O–H groups in total. The van der Waals surface area contributed by atoms with Crippen LogP contribution >= 0.6 is 0 Å². The molecule has 0 aliphatic heterocycles. The highest BCUT2D eigenvalue weighted by Crippen LogP contribution is 2.30. The summed E-state index contributed by atoms with van der Waals surface area (Å²) in [5, 5.41) is 6.05. The molecule has 4 heteroatoms. The van der Waals surface area contributed by atoms with Gasteiger partial charge in [0.05, 0.1) is 0 Å². The molecule has 2 rings (SSSR count). The van der Waals surface area contributed by atoms with E-state index < -0.39 is 0 Å². The van der Waals surface area contributed by atoms with Gasteiger partial charge in [-0.2, -0.15) is 0 Å². The summed E-state index contributed by atoms with van der Waals surface area (Å²) in [7, 11) is 0. The Hall–Kier alpha value is -1.84. The lowest BCUT2D eigenvalue weighted by molar-refractivity contribution is -0.128. The molecule has 0 bridgehead atoms. The molecule has 0 saturated heterocycles. The van der Waals surface area contributed by atoms with Crippen LogP contribution in [-0.2, 0) is 9.59 Å². The summed E-state index contributed by atoms with van der Waals surface area (Å²) in [6.45, 7) is 6.95. The molecule has 0 unspecified atom stereocenters. The highest BCUT2D eigenvalue weighted by atomic mass is 16.2. The van der Waals surface area contributed by atoms with Crippen LogP contribution < -0.4 is 10.6 Å². The van der Waals surface area contributed by atoms with Gasteiger partial charge in [-0.1, -0.05) is 19.4 Å². The smallest absolute Gasteiger partial charge is 0.227 e. The van der Waals surface area contributed by atoms with E-state index in [1.165, 1.54) is 0 Å². The maximum atomic E-state index is 12.5. The number of nitrogens with one attached hydrogen (secondary N) is 2. The first kappa shape index (κ1) is 18.5. The molecule has 0 heterocycles. The van der Waals surface area contributed by atoms with Crippen molar-refractivity contribution >= 4 is 17.5 Å². The topological polar surface area (TPSA) is 58.2 Å². The Labute approximate surface area is 145 Å². The van der Waals surface area contributed by atoms with E-state index in [9.17, 15) is 9.59 Å². The third kappa shape index (κ3) is 5.36. The number of hydrogen-bond donors (Lipinski definition) is 2. The largest absolute Gasteiger partial charge is 0.356 e. The van der Waals surface area contributed by atoms with E-state index in [1.54, 1.807) is 0 Å². The second-order valence-electron chi connectivity index (χ2n) is 7.06. The fraction of sp³-hybridized carbons (Fsp3) is 0.600. The summed E-state index contributed by atoms with van der Waals surface area (Å²) < 4.78 is 0. The average molecular weight is 330 g/mol. The molecule has 0 radical (unpaired) electrons. The maximum absolute atomic E-state index is 12.5. The summed E-state index contributed by atoms with van der Waals surface area (Å²) in [5.41, 5.74) is 3.17. The van der Waals surface area contributed by atoms with Gasteiger partial charge in [0.2, 0.25) is 11.8 Å². The molecular formula is C20H30N2O2. The van der Waals surface area contributed by atoms with Crippen molar-refractivity contribution in [2.24, 2.45) is 11.8 Å². The minimum Gasteiger partial charge on any atom is -0.356 e. The minimum atomic E-state index is 0.0190. The van der Waals surface area contributed by atoms with E-state index in [0.717, 1.165) is 61.9 Å². The van der Waals surface area contributed by atoms with Gasteiger partial charge in [-0.25, -0.2) is 0 Å². The van der Waals surface area contributed by atoms with Crippen LogP contribution in [0.15, 0.2) is 18.2 Å². The van der Waals surface area contributed by atoms with Gasteiger partial charge < -0.3 is 10.6 Å². The molecule has 1 aliphatic rings. The number of carbonyl (C=O) groups excluding carboxylic acids is 2. The molecule has 0 atom stereocenters. The van der Waals surface area contributed by atoms with E-state index in [2.05, 4.69) is 23.6 Å². The number of carbonyl (C=O) groups is 2. The number of unbranched alkanes of at least 4 members (excludes halogenated alkanes) is 1. The zero-order chi connectivity index (χ0) is 17.5. The van der Waals surface area contributed by atoms with Crippen LogP contribution in [0, 0.1) is 25.7 Å². The Bertz CT molecular complexity index is 555. The Morgan fingerprint density at radius 3 is 2.04 bits per heavy atom. The predicted molar refractivity (Wildman–Crippen MR) is 97.9 cm³/mol. The fourth-order valence-corrected chi connectivity index (χ4v) is 3.44. The van der Waals surface area contributed by atoms with Crippen molar-refractivity contribution in [3.63, 3.8) is 0 Å². The van der Waals surface area contributed by atoms with E-state index >= 15 is 0 Å². The van der Waals surface area contributed by atoms with Gasteiger partial charge in [0.15, 0.2) is 0 Å². The van der Waals surface area contributed by atoms with Crippen molar-refractivity contribution in [1.82, 2.24) is 5.32 Å². The van der Waals surface area contributed by atoms with Gasteiger partial charge in [0.25, 0.3) is 0 Å². The summed E-state index contributed by atoms with van der Waals surface area (Å²) in [4.78, 5) is 24.6. The van der Waals surface area contributed by atoms with Crippen molar-refractivity contribution in [3.8, 4) is 0 Å². The first-order chi connectivity index (χ1) is 11.5. The number of hydrogen-bond acceptors (Lipinski definition) is 2. The second-order valence-corrected chi connectivity index (χ2v) is 7.06. The molecule has 1 fully saturated rings. The normalized spacial score (nSPS) is 20.5. The monoisotopic (exact) mass is 330 g/mol. The second kappa shape index (κ2) is 8.86. The molecule has 2 amide bonds. The maximum Gasteiger partial charge on any atom is 0.227 e. The molecule has 1 aromatic carbocycles. The number of benzene rings is 1. The lowest BCUT2D eigenvalue weighted by Crippen LogP contribution is -2.35. The third-order valence-corrected chi connectivity index (χ3v) is 4.79. The van der Waals surface area contributed by atoms with E-state index in [-0.39, 0.29) is 23.7 Å². The number of aryl methyl sites for hydroxylation is 2. The quantitative estimate of drug-likeness (QED) is 0.776. The zero-order valence-corrected chi connectivity index (χ0v) is 15.2. The van der Waals surface area contributed by atoms with Gasteiger partial charge in [-0.3, -0.25) is 9.59 Å². The summed E-state index contributed by atoms with van der Waals surface area (Å²) >= 11 is 0. The minimum absolute atomic E-state index is 0.0190. The third-order valence-electron chi connectivity index (χ3n) is 4.79. The highest BCUT2D eigenvalue weighted by Gasteiger charge is 2.29.